The smallest absolute Gasteiger partial charge is 0.406 e. The molecule has 1 aromatic rings. The van der Waals surface area contributed by atoms with E-state index in [0.29, 0.717) is 37.2 Å². The first-order valence-electron chi connectivity index (χ1n) is 13.0. The molecular formula is C26H41ClN4O5. The monoisotopic (exact) mass is 524 g/mol. The van der Waals surface area contributed by atoms with Gasteiger partial charge in [0.2, 0.25) is 0 Å². The van der Waals surface area contributed by atoms with Crippen molar-refractivity contribution in [3.63, 3.8) is 0 Å². The van der Waals surface area contributed by atoms with Gasteiger partial charge in [0, 0.05) is 56.4 Å². The summed E-state index contributed by atoms with van der Waals surface area (Å²) < 4.78 is 16.5. The molecule has 0 radical (unpaired) electrons. The van der Waals surface area contributed by atoms with E-state index in [1.807, 2.05) is 36.2 Å². The van der Waals surface area contributed by atoms with E-state index in [4.69, 9.17) is 21.1 Å². The maximum Gasteiger partial charge on any atom is 0.406 e. The number of alkyl carbamates (subject to hydrolysis) is 1. The summed E-state index contributed by atoms with van der Waals surface area (Å²) in [5, 5.41) is 9.76. The lowest BCUT2D eigenvalue weighted by Gasteiger charge is -2.37. The lowest BCUT2D eigenvalue weighted by molar-refractivity contribution is -0.00851. The molecule has 3 rings (SSSR count). The second-order valence-corrected chi connectivity index (χ2v) is 10.0. The molecule has 202 valence electrons. The van der Waals surface area contributed by atoms with Crippen LogP contribution in [0.25, 0.3) is 0 Å². The molecule has 1 unspecified atom stereocenters. The standard InChI is InChI=1S/C26H41ClN4O5/c1-28-23(14-19-6-5-12-35-18-19)16-30-25(32)31-11-4-8-21(17-31)24(20-7-3-9-22(27)15-20)36-13-10-29-26(33)34-2/h3,7,9,15,19,21,23-24,28H,4-6,8,10-14,16-18H2,1-2H3,(H,29,33)(H,30,32)/t19-,21?,23+,24+/m1/s1. The van der Waals surface area contributed by atoms with Gasteiger partial charge in [0.05, 0.1) is 19.8 Å². The van der Waals surface area contributed by atoms with Gasteiger partial charge in [-0.15, -0.1) is 0 Å². The molecular weight excluding hydrogens is 484 g/mol. The number of amides is 3. The van der Waals surface area contributed by atoms with Crippen LogP contribution in [0.5, 0.6) is 0 Å². The van der Waals surface area contributed by atoms with Crippen molar-refractivity contribution in [2.75, 3.05) is 60.2 Å². The molecule has 2 aliphatic heterocycles. The van der Waals surface area contributed by atoms with E-state index in [2.05, 4.69) is 20.7 Å². The largest absolute Gasteiger partial charge is 0.453 e. The maximum absolute atomic E-state index is 13.1. The average Bonchev–Trinajstić information content (AvgIpc) is 2.91. The first-order valence-corrected chi connectivity index (χ1v) is 13.3. The third-order valence-corrected chi connectivity index (χ3v) is 7.22. The first-order chi connectivity index (χ1) is 17.5. The number of hydrogen-bond acceptors (Lipinski definition) is 6. The number of methoxy groups -OCH3 is 1. The SMILES string of the molecule is CN[C@H](CNC(=O)N1CCCC([C@@H](OCCNC(=O)OC)c2cccc(Cl)c2)C1)C[C@H]1CCCOC1. The van der Waals surface area contributed by atoms with E-state index < -0.39 is 6.09 Å². The normalized spacial score (nSPS) is 21.9. The number of urea groups is 1. The van der Waals surface area contributed by atoms with Gasteiger partial charge < -0.3 is 35.1 Å². The fourth-order valence-corrected chi connectivity index (χ4v) is 5.26. The average molecular weight is 525 g/mol. The Bertz CT molecular complexity index is 823. The summed E-state index contributed by atoms with van der Waals surface area (Å²) in [6, 6.07) is 7.81. The van der Waals surface area contributed by atoms with Crippen LogP contribution in [0.15, 0.2) is 24.3 Å². The first kappa shape index (κ1) is 28.5. The number of rotatable bonds is 11. The summed E-state index contributed by atoms with van der Waals surface area (Å²) in [4.78, 5) is 26.3. The molecule has 2 fully saturated rings. The number of hydrogen-bond donors (Lipinski definition) is 3. The van der Waals surface area contributed by atoms with Gasteiger partial charge in [-0.25, -0.2) is 9.59 Å². The second-order valence-electron chi connectivity index (χ2n) is 9.60. The molecule has 0 saturated carbocycles. The molecule has 1 aromatic carbocycles. The van der Waals surface area contributed by atoms with Crippen molar-refractivity contribution >= 4 is 23.7 Å². The van der Waals surface area contributed by atoms with Gasteiger partial charge in [-0.2, -0.15) is 0 Å². The van der Waals surface area contributed by atoms with Crippen molar-refractivity contribution in [2.45, 2.75) is 44.2 Å². The highest BCUT2D eigenvalue weighted by Crippen LogP contribution is 2.34. The Morgan fingerprint density at radius 1 is 1.25 bits per heavy atom. The summed E-state index contributed by atoms with van der Waals surface area (Å²) in [6.07, 6.45) is 4.38. The summed E-state index contributed by atoms with van der Waals surface area (Å²) in [5.41, 5.74) is 0.970. The summed E-state index contributed by atoms with van der Waals surface area (Å²) in [6.45, 7) is 4.21. The molecule has 2 heterocycles. The molecule has 0 spiro atoms. The number of likely N-dealkylation sites (tertiary alicyclic amines) is 1. The van der Waals surface area contributed by atoms with Gasteiger partial charge in [-0.05, 0) is 62.8 Å². The van der Waals surface area contributed by atoms with Gasteiger partial charge >= 0.3 is 12.1 Å². The molecule has 10 heteroatoms. The number of halogens is 1. The highest BCUT2D eigenvalue weighted by Gasteiger charge is 2.31. The van der Waals surface area contributed by atoms with Gasteiger partial charge in [-0.1, -0.05) is 23.7 Å². The Morgan fingerprint density at radius 2 is 2.11 bits per heavy atom. The molecule has 0 aromatic heterocycles. The molecule has 2 saturated heterocycles. The van der Waals surface area contributed by atoms with E-state index >= 15 is 0 Å². The molecule has 9 nitrogen and oxygen atoms in total. The Labute approximate surface area is 219 Å². The van der Waals surface area contributed by atoms with Crippen LogP contribution in [0, 0.1) is 11.8 Å². The molecule has 0 bridgehead atoms. The van der Waals surface area contributed by atoms with E-state index in [0.717, 1.165) is 51.0 Å². The van der Waals surface area contributed by atoms with Crippen LogP contribution in [-0.4, -0.2) is 83.2 Å². The number of likely N-dealkylation sites (N-methyl/N-ethyl adjacent to an activating group) is 1. The molecule has 4 atom stereocenters. The van der Waals surface area contributed by atoms with Crippen molar-refractivity contribution in [3.05, 3.63) is 34.9 Å². The predicted molar refractivity (Wildman–Crippen MR) is 139 cm³/mol. The van der Waals surface area contributed by atoms with Crippen LogP contribution in [0.4, 0.5) is 9.59 Å². The van der Waals surface area contributed by atoms with Crippen LogP contribution in [-0.2, 0) is 14.2 Å². The highest BCUT2D eigenvalue weighted by molar-refractivity contribution is 6.30. The quantitative estimate of drug-likeness (QED) is 0.382. The Hall–Kier alpha value is -2.07. The van der Waals surface area contributed by atoms with Crippen molar-refractivity contribution in [1.82, 2.24) is 20.9 Å². The number of piperidine rings is 1. The van der Waals surface area contributed by atoms with Crippen LogP contribution in [0.2, 0.25) is 5.02 Å². The Balaban J connectivity index is 1.56. The molecule has 0 aliphatic carbocycles. The minimum absolute atomic E-state index is 0.0444. The van der Waals surface area contributed by atoms with Gasteiger partial charge in [-0.3, -0.25) is 0 Å². The lowest BCUT2D eigenvalue weighted by atomic mass is 9.88. The number of nitrogens with zero attached hydrogens (tertiary/aromatic N) is 1. The lowest BCUT2D eigenvalue weighted by Crippen LogP contribution is -2.50. The zero-order chi connectivity index (χ0) is 25.8. The fraction of sp³-hybridized carbons (Fsp3) is 0.692. The number of carbonyl (C=O) groups excluding carboxylic acids is 2. The van der Waals surface area contributed by atoms with Crippen molar-refractivity contribution in [2.24, 2.45) is 11.8 Å². The predicted octanol–water partition coefficient (Wildman–Crippen LogP) is 3.58. The number of ether oxygens (including phenoxy) is 3. The van der Waals surface area contributed by atoms with Crippen molar-refractivity contribution in [3.8, 4) is 0 Å². The fourth-order valence-electron chi connectivity index (χ4n) is 5.06. The third-order valence-electron chi connectivity index (χ3n) is 6.99. The Kier molecular flexibility index (Phi) is 12.1. The molecule has 3 N–H and O–H groups in total. The molecule has 2 aliphatic rings. The summed E-state index contributed by atoms with van der Waals surface area (Å²) >= 11 is 6.27. The Morgan fingerprint density at radius 3 is 2.83 bits per heavy atom. The van der Waals surface area contributed by atoms with Crippen LogP contribution in [0.3, 0.4) is 0 Å². The second kappa shape index (κ2) is 15.2. The van der Waals surface area contributed by atoms with E-state index in [-0.39, 0.29) is 24.1 Å². The van der Waals surface area contributed by atoms with E-state index in [1.54, 1.807) is 0 Å². The van der Waals surface area contributed by atoms with E-state index in [1.165, 1.54) is 13.5 Å². The number of carbonyl (C=O) groups is 2. The zero-order valence-corrected chi connectivity index (χ0v) is 22.2. The van der Waals surface area contributed by atoms with Gasteiger partial charge in [0.25, 0.3) is 0 Å². The number of nitrogens with one attached hydrogen (secondary N) is 3. The van der Waals surface area contributed by atoms with Crippen LogP contribution in [0.1, 0.15) is 43.8 Å². The molecule has 36 heavy (non-hydrogen) atoms. The number of benzene rings is 1. The summed E-state index contributed by atoms with van der Waals surface area (Å²) in [5.74, 6) is 0.650. The van der Waals surface area contributed by atoms with Crippen molar-refractivity contribution < 1.29 is 23.8 Å². The van der Waals surface area contributed by atoms with Gasteiger partial charge in [0.1, 0.15) is 0 Å². The maximum atomic E-state index is 13.1. The molecule has 3 amide bonds. The van der Waals surface area contributed by atoms with Gasteiger partial charge in [0.15, 0.2) is 0 Å². The van der Waals surface area contributed by atoms with Crippen molar-refractivity contribution in [1.29, 1.82) is 0 Å². The van der Waals surface area contributed by atoms with Crippen LogP contribution < -0.4 is 16.0 Å². The zero-order valence-electron chi connectivity index (χ0n) is 21.5. The minimum Gasteiger partial charge on any atom is -0.453 e. The highest BCUT2D eigenvalue weighted by atomic mass is 35.5. The minimum atomic E-state index is -0.491. The van der Waals surface area contributed by atoms with Crippen LogP contribution >= 0.6 is 11.6 Å². The third kappa shape index (κ3) is 9.10. The topological polar surface area (TPSA) is 101 Å². The van der Waals surface area contributed by atoms with E-state index in [9.17, 15) is 9.59 Å². The summed E-state index contributed by atoms with van der Waals surface area (Å²) in [7, 11) is 3.27.